The highest BCUT2D eigenvalue weighted by Gasteiger charge is 2.16. The van der Waals surface area contributed by atoms with Crippen molar-refractivity contribution in [2.24, 2.45) is 11.8 Å². The number of alkyl halides is 1. The van der Waals surface area contributed by atoms with Gasteiger partial charge in [-0.25, -0.2) is 0 Å². The summed E-state index contributed by atoms with van der Waals surface area (Å²) in [5, 5.41) is 0. The fourth-order valence-corrected chi connectivity index (χ4v) is 2.17. The largest absolute Gasteiger partial charge is 0.122 e. The summed E-state index contributed by atoms with van der Waals surface area (Å²) in [7, 11) is 0. The number of hydrogen-bond donors (Lipinski definition) is 0. The van der Waals surface area contributed by atoms with Crippen LogP contribution in [0.3, 0.4) is 0 Å². The SMILES string of the molecule is CC(=CC1CCCC(C)C1)CCl. The van der Waals surface area contributed by atoms with E-state index in [-0.39, 0.29) is 0 Å². The summed E-state index contributed by atoms with van der Waals surface area (Å²) < 4.78 is 0. The van der Waals surface area contributed by atoms with Crippen LogP contribution in [0.4, 0.5) is 0 Å². The second-order valence-corrected chi connectivity index (χ2v) is 4.45. The summed E-state index contributed by atoms with van der Waals surface area (Å²) in [5.74, 6) is 2.43. The first-order valence-corrected chi connectivity index (χ1v) is 5.49. The molecular formula is C11H19Cl. The molecule has 0 aliphatic heterocycles. The number of halogens is 1. The third kappa shape index (κ3) is 3.18. The Morgan fingerprint density at radius 1 is 1.50 bits per heavy atom. The highest BCUT2D eigenvalue weighted by Crippen LogP contribution is 2.30. The van der Waals surface area contributed by atoms with Crippen molar-refractivity contribution in [1.29, 1.82) is 0 Å². The van der Waals surface area contributed by atoms with Gasteiger partial charge in [0.2, 0.25) is 0 Å². The Kier molecular flexibility index (Phi) is 4.14. The van der Waals surface area contributed by atoms with E-state index in [1.165, 1.54) is 31.3 Å². The molecule has 1 fully saturated rings. The van der Waals surface area contributed by atoms with E-state index in [4.69, 9.17) is 11.6 Å². The summed E-state index contributed by atoms with van der Waals surface area (Å²) >= 11 is 5.74. The third-order valence-corrected chi connectivity index (χ3v) is 3.13. The molecule has 0 bridgehead atoms. The monoisotopic (exact) mass is 186 g/mol. The first kappa shape index (κ1) is 10.1. The van der Waals surface area contributed by atoms with Crippen molar-refractivity contribution in [2.75, 3.05) is 5.88 Å². The molecule has 12 heavy (non-hydrogen) atoms. The van der Waals surface area contributed by atoms with Crippen LogP contribution in [0.2, 0.25) is 0 Å². The van der Waals surface area contributed by atoms with E-state index >= 15 is 0 Å². The average Bonchev–Trinajstić information content (AvgIpc) is 2.04. The van der Waals surface area contributed by atoms with Gasteiger partial charge in [0.15, 0.2) is 0 Å². The molecule has 0 aromatic carbocycles. The predicted octanol–water partition coefficient (Wildman–Crippen LogP) is 4.00. The quantitative estimate of drug-likeness (QED) is 0.452. The first-order chi connectivity index (χ1) is 5.72. The lowest BCUT2D eigenvalue weighted by Gasteiger charge is -2.24. The molecule has 1 saturated carbocycles. The molecule has 1 aliphatic rings. The molecule has 0 nitrogen and oxygen atoms in total. The normalized spacial score (nSPS) is 32.1. The van der Waals surface area contributed by atoms with Crippen molar-refractivity contribution in [1.82, 2.24) is 0 Å². The lowest BCUT2D eigenvalue weighted by atomic mass is 9.82. The van der Waals surface area contributed by atoms with E-state index in [1.807, 2.05) is 0 Å². The molecule has 0 spiro atoms. The van der Waals surface area contributed by atoms with Gasteiger partial charge in [-0.3, -0.25) is 0 Å². The van der Waals surface area contributed by atoms with E-state index in [0.717, 1.165) is 11.8 Å². The van der Waals surface area contributed by atoms with E-state index < -0.39 is 0 Å². The summed E-state index contributed by atoms with van der Waals surface area (Å²) in [5.41, 5.74) is 1.34. The summed E-state index contributed by atoms with van der Waals surface area (Å²) in [4.78, 5) is 0. The zero-order chi connectivity index (χ0) is 8.97. The predicted molar refractivity (Wildman–Crippen MR) is 55.6 cm³/mol. The number of hydrogen-bond acceptors (Lipinski definition) is 0. The molecule has 1 aliphatic carbocycles. The molecule has 0 amide bonds. The van der Waals surface area contributed by atoms with Gasteiger partial charge in [-0.2, -0.15) is 0 Å². The molecule has 70 valence electrons. The Morgan fingerprint density at radius 3 is 2.83 bits per heavy atom. The van der Waals surface area contributed by atoms with Crippen LogP contribution in [-0.2, 0) is 0 Å². The highest BCUT2D eigenvalue weighted by atomic mass is 35.5. The van der Waals surface area contributed by atoms with Gasteiger partial charge >= 0.3 is 0 Å². The summed E-state index contributed by atoms with van der Waals surface area (Å²) in [6, 6.07) is 0. The topological polar surface area (TPSA) is 0 Å². The van der Waals surface area contributed by atoms with Crippen LogP contribution in [0, 0.1) is 11.8 Å². The van der Waals surface area contributed by atoms with Gasteiger partial charge in [-0.05, 0) is 31.6 Å². The van der Waals surface area contributed by atoms with Gasteiger partial charge < -0.3 is 0 Å². The Bertz CT molecular complexity index is 160. The standard InChI is InChI=1S/C11H19Cl/c1-9-4-3-5-11(6-9)7-10(2)8-12/h7,9,11H,3-6,8H2,1-2H3. The molecule has 2 unspecified atom stereocenters. The van der Waals surface area contributed by atoms with Crippen LogP contribution in [0.25, 0.3) is 0 Å². The Morgan fingerprint density at radius 2 is 2.25 bits per heavy atom. The van der Waals surface area contributed by atoms with E-state index in [9.17, 15) is 0 Å². The van der Waals surface area contributed by atoms with Crippen LogP contribution in [0.1, 0.15) is 39.5 Å². The minimum Gasteiger partial charge on any atom is -0.122 e. The minimum absolute atomic E-state index is 0.699. The van der Waals surface area contributed by atoms with Crippen LogP contribution in [-0.4, -0.2) is 5.88 Å². The average molecular weight is 187 g/mol. The zero-order valence-electron chi connectivity index (χ0n) is 8.15. The molecule has 0 N–H and O–H groups in total. The molecule has 0 aromatic heterocycles. The first-order valence-electron chi connectivity index (χ1n) is 4.95. The lowest BCUT2D eigenvalue weighted by Crippen LogP contribution is -2.11. The molecular weight excluding hydrogens is 168 g/mol. The Labute approximate surface area is 81.0 Å². The van der Waals surface area contributed by atoms with Crippen molar-refractivity contribution in [3.8, 4) is 0 Å². The van der Waals surface area contributed by atoms with E-state index in [2.05, 4.69) is 19.9 Å². The molecule has 0 aromatic rings. The fraction of sp³-hybridized carbons (Fsp3) is 0.818. The van der Waals surface area contributed by atoms with Gasteiger partial charge in [0.1, 0.15) is 0 Å². The second kappa shape index (κ2) is 4.91. The zero-order valence-corrected chi connectivity index (χ0v) is 8.90. The fourth-order valence-electron chi connectivity index (χ4n) is 2.08. The molecule has 0 heterocycles. The molecule has 0 radical (unpaired) electrons. The van der Waals surface area contributed by atoms with Crippen LogP contribution >= 0.6 is 11.6 Å². The Hall–Kier alpha value is 0.0300. The lowest BCUT2D eigenvalue weighted by molar-refractivity contribution is 0.324. The maximum Gasteiger partial charge on any atom is 0.0430 e. The van der Waals surface area contributed by atoms with Gasteiger partial charge in [0, 0.05) is 5.88 Å². The Balaban J connectivity index is 2.41. The maximum absolute atomic E-state index is 5.74. The molecule has 1 rings (SSSR count). The third-order valence-electron chi connectivity index (χ3n) is 2.71. The smallest absolute Gasteiger partial charge is 0.0430 e. The van der Waals surface area contributed by atoms with Crippen LogP contribution < -0.4 is 0 Å². The van der Waals surface area contributed by atoms with Crippen LogP contribution in [0.5, 0.6) is 0 Å². The molecule has 2 atom stereocenters. The summed E-state index contributed by atoms with van der Waals surface area (Å²) in [6.45, 7) is 4.49. The highest BCUT2D eigenvalue weighted by molar-refractivity contribution is 6.19. The van der Waals surface area contributed by atoms with Gasteiger partial charge in [0.05, 0.1) is 0 Å². The maximum atomic E-state index is 5.74. The molecule has 1 heteroatoms. The summed E-state index contributed by atoms with van der Waals surface area (Å²) in [6.07, 6.45) is 7.94. The number of allylic oxidation sites excluding steroid dienone is 2. The van der Waals surface area contributed by atoms with E-state index in [1.54, 1.807) is 0 Å². The van der Waals surface area contributed by atoms with Crippen molar-refractivity contribution < 1.29 is 0 Å². The van der Waals surface area contributed by atoms with Gasteiger partial charge in [-0.15, -0.1) is 11.6 Å². The second-order valence-electron chi connectivity index (χ2n) is 4.18. The number of rotatable bonds is 2. The van der Waals surface area contributed by atoms with Crippen molar-refractivity contribution in [3.63, 3.8) is 0 Å². The minimum atomic E-state index is 0.699. The van der Waals surface area contributed by atoms with Crippen molar-refractivity contribution in [2.45, 2.75) is 39.5 Å². The van der Waals surface area contributed by atoms with E-state index in [0.29, 0.717) is 5.88 Å². The van der Waals surface area contributed by atoms with Crippen molar-refractivity contribution in [3.05, 3.63) is 11.6 Å². The van der Waals surface area contributed by atoms with Gasteiger partial charge in [0.25, 0.3) is 0 Å². The van der Waals surface area contributed by atoms with Crippen LogP contribution in [0.15, 0.2) is 11.6 Å². The van der Waals surface area contributed by atoms with Crippen molar-refractivity contribution >= 4 is 11.6 Å². The van der Waals surface area contributed by atoms with Gasteiger partial charge in [-0.1, -0.05) is 31.4 Å². The molecule has 0 saturated heterocycles.